The van der Waals surface area contributed by atoms with Crippen molar-refractivity contribution in [3.05, 3.63) is 66.7 Å². The molecule has 2 rings (SSSR count). The highest BCUT2D eigenvalue weighted by Crippen LogP contribution is 2.21. The predicted molar refractivity (Wildman–Crippen MR) is 133 cm³/mol. The number of rotatable bonds is 17. The average Bonchev–Trinajstić information content (AvgIpc) is 2.88. The van der Waals surface area contributed by atoms with E-state index < -0.39 is 12.7 Å². The van der Waals surface area contributed by atoms with E-state index in [0.29, 0.717) is 13.0 Å². The first-order valence-electron chi connectivity index (χ1n) is 12.0. The average molecular weight is 469 g/mol. The summed E-state index contributed by atoms with van der Waals surface area (Å²) in [6, 6.07) is 17.2. The minimum Gasteiger partial charge on any atom is -0.493 e. The van der Waals surface area contributed by atoms with Crippen LogP contribution in [0.25, 0.3) is 0 Å². The third kappa shape index (κ3) is 12.9. The molecule has 0 aliphatic carbocycles. The van der Waals surface area contributed by atoms with Crippen molar-refractivity contribution in [1.82, 2.24) is 0 Å². The lowest BCUT2D eigenvalue weighted by Gasteiger charge is -2.08. The molecule has 0 saturated carbocycles. The van der Waals surface area contributed by atoms with Crippen LogP contribution >= 0.6 is 0 Å². The molecule has 0 radical (unpaired) electrons. The van der Waals surface area contributed by atoms with Crippen molar-refractivity contribution in [3.8, 4) is 5.75 Å². The Morgan fingerprint density at radius 2 is 1.50 bits per heavy atom. The first-order valence-corrected chi connectivity index (χ1v) is 12.0. The molecule has 7 heteroatoms. The molecule has 0 fully saturated rings. The van der Waals surface area contributed by atoms with E-state index in [2.05, 4.69) is 22.4 Å². The number of esters is 1. The first-order chi connectivity index (χ1) is 16.7. The summed E-state index contributed by atoms with van der Waals surface area (Å²) in [5, 5.41) is 26.2. The van der Waals surface area contributed by atoms with Crippen LogP contribution in [-0.2, 0) is 9.53 Å². The molecule has 2 N–H and O–H groups in total. The molecule has 0 aliphatic heterocycles. The molecule has 184 valence electrons. The number of aliphatic hydroxyl groups excluding tert-OH is 2. The summed E-state index contributed by atoms with van der Waals surface area (Å²) in [5.74, 6) is 0.502. The Morgan fingerprint density at radius 3 is 2.24 bits per heavy atom. The van der Waals surface area contributed by atoms with Gasteiger partial charge in [-0.05, 0) is 62.1 Å². The van der Waals surface area contributed by atoms with Crippen molar-refractivity contribution in [2.45, 2.75) is 57.5 Å². The second kappa shape index (κ2) is 17.4. The van der Waals surface area contributed by atoms with Gasteiger partial charge in [0.15, 0.2) is 0 Å². The van der Waals surface area contributed by atoms with Crippen molar-refractivity contribution in [3.63, 3.8) is 0 Å². The van der Waals surface area contributed by atoms with Gasteiger partial charge in [0.05, 0.1) is 24.6 Å². The van der Waals surface area contributed by atoms with Crippen LogP contribution in [0.3, 0.4) is 0 Å². The summed E-state index contributed by atoms with van der Waals surface area (Å²) in [4.78, 5) is 11.5. The smallest absolute Gasteiger partial charge is 0.305 e. The van der Waals surface area contributed by atoms with Gasteiger partial charge in [-0.1, -0.05) is 49.6 Å². The largest absolute Gasteiger partial charge is 0.493 e. The van der Waals surface area contributed by atoms with Gasteiger partial charge in [0.2, 0.25) is 0 Å². The van der Waals surface area contributed by atoms with Crippen LogP contribution in [0.15, 0.2) is 77.0 Å². The zero-order valence-corrected chi connectivity index (χ0v) is 19.7. The first kappa shape index (κ1) is 27.2. The molecule has 0 bridgehead atoms. The number of unbranched alkanes of at least 4 members (excludes halogenated alkanes) is 5. The third-order valence-corrected chi connectivity index (χ3v) is 4.99. The van der Waals surface area contributed by atoms with Gasteiger partial charge in [-0.15, -0.1) is 0 Å². The zero-order valence-electron chi connectivity index (χ0n) is 19.7. The Morgan fingerprint density at radius 1 is 0.853 bits per heavy atom. The van der Waals surface area contributed by atoms with Crippen molar-refractivity contribution >= 4 is 17.3 Å². The highest BCUT2D eigenvalue weighted by atomic mass is 16.5. The molecule has 1 atom stereocenters. The van der Waals surface area contributed by atoms with E-state index >= 15 is 0 Å². The van der Waals surface area contributed by atoms with Crippen LogP contribution < -0.4 is 4.74 Å². The Hall–Kier alpha value is -3.03. The number of aliphatic hydroxyl groups is 2. The summed E-state index contributed by atoms with van der Waals surface area (Å²) in [6.07, 6.45) is 10.8. The highest BCUT2D eigenvalue weighted by Gasteiger charge is 2.07. The van der Waals surface area contributed by atoms with Gasteiger partial charge in [0.25, 0.3) is 0 Å². The minimum absolute atomic E-state index is 0.138. The molecule has 0 heterocycles. The zero-order chi connectivity index (χ0) is 24.3. The lowest BCUT2D eigenvalue weighted by atomic mass is 10.1. The second-order valence-corrected chi connectivity index (χ2v) is 7.96. The van der Waals surface area contributed by atoms with E-state index in [9.17, 15) is 4.79 Å². The number of carbonyl (C=O) groups is 1. The molecule has 0 aliphatic rings. The van der Waals surface area contributed by atoms with Crippen LogP contribution in [0.1, 0.15) is 51.4 Å². The van der Waals surface area contributed by atoms with Gasteiger partial charge in [0, 0.05) is 6.42 Å². The quantitative estimate of drug-likeness (QED) is 0.127. The Bertz CT molecular complexity index is 853. The molecular weight excluding hydrogens is 432 g/mol. The molecule has 1 unspecified atom stereocenters. The molecule has 0 aromatic heterocycles. The fraction of sp³-hybridized carbons (Fsp3) is 0.444. The molecule has 0 spiro atoms. The van der Waals surface area contributed by atoms with Crippen molar-refractivity contribution in [1.29, 1.82) is 0 Å². The van der Waals surface area contributed by atoms with Crippen molar-refractivity contribution in [2.75, 3.05) is 19.8 Å². The van der Waals surface area contributed by atoms with Crippen LogP contribution in [-0.4, -0.2) is 42.1 Å². The number of hydrogen-bond acceptors (Lipinski definition) is 7. The van der Waals surface area contributed by atoms with Crippen molar-refractivity contribution < 1.29 is 24.5 Å². The van der Waals surface area contributed by atoms with Gasteiger partial charge < -0.3 is 19.7 Å². The van der Waals surface area contributed by atoms with Crippen LogP contribution in [0.4, 0.5) is 11.4 Å². The maximum Gasteiger partial charge on any atom is 0.305 e. The summed E-state index contributed by atoms with van der Waals surface area (Å²) in [5.41, 5.74) is 1.61. The van der Waals surface area contributed by atoms with E-state index in [1.54, 1.807) is 0 Å². The number of allylic oxidation sites excluding steroid dienone is 1. The van der Waals surface area contributed by atoms with E-state index in [1.165, 1.54) is 0 Å². The monoisotopic (exact) mass is 468 g/mol. The van der Waals surface area contributed by atoms with Crippen LogP contribution in [0.2, 0.25) is 0 Å². The van der Waals surface area contributed by atoms with E-state index in [1.807, 2.05) is 54.6 Å². The van der Waals surface area contributed by atoms with Gasteiger partial charge in [-0.2, -0.15) is 10.2 Å². The topological polar surface area (TPSA) is 101 Å². The van der Waals surface area contributed by atoms with E-state index in [4.69, 9.17) is 19.7 Å². The molecule has 2 aromatic rings. The number of nitrogens with zero attached hydrogens (tertiary/aromatic N) is 2. The Kier molecular flexibility index (Phi) is 14.0. The SMILES string of the molecule is O=C(CCCCCCC/C=C\CCOc1ccc(/N=N/c2ccccc2)cc1)OCC(O)CO. The molecule has 0 saturated heterocycles. The van der Waals surface area contributed by atoms with E-state index in [-0.39, 0.29) is 12.6 Å². The highest BCUT2D eigenvalue weighted by molar-refractivity contribution is 5.69. The second-order valence-electron chi connectivity index (χ2n) is 7.96. The normalized spacial score (nSPS) is 12.3. The Balaban J connectivity index is 1.44. The van der Waals surface area contributed by atoms with Gasteiger partial charge in [-0.3, -0.25) is 4.79 Å². The molecule has 34 heavy (non-hydrogen) atoms. The van der Waals surface area contributed by atoms with Gasteiger partial charge >= 0.3 is 5.97 Å². The summed E-state index contributed by atoms with van der Waals surface area (Å²) in [6.45, 7) is 0.0975. The Labute approximate surface area is 202 Å². The molecular formula is C27H36N2O5. The maximum atomic E-state index is 11.5. The van der Waals surface area contributed by atoms with Crippen LogP contribution in [0, 0.1) is 0 Å². The molecule has 2 aromatic carbocycles. The van der Waals surface area contributed by atoms with Gasteiger partial charge in [0.1, 0.15) is 18.5 Å². The number of carbonyl (C=O) groups excluding carboxylic acids is 1. The van der Waals surface area contributed by atoms with Gasteiger partial charge in [-0.25, -0.2) is 0 Å². The minimum atomic E-state index is -0.988. The molecule has 0 amide bonds. The summed E-state index contributed by atoms with van der Waals surface area (Å²) in [7, 11) is 0. The lowest BCUT2D eigenvalue weighted by molar-refractivity contribution is -0.147. The number of benzene rings is 2. The summed E-state index contributed by atoms with van der Waals surface area (Å²) >= 11 is 0. The summed E-state index contributed by atoms with van der Waals surface area (Å²) < 4.78 is 10.6. The van der Waals surface area contributed by atoms with Crippen molar-refractivity contribution in [2.24, 2.45) is 10.2 Å². The fourth-order valence-electron chi connectivity index (χ4n) is 3.08. The fourth-order valence-corrected chi connectivity index (χ4v) is 3.08. The number of hydrogen-bond donors (Lipinski definition) is 2. The molecule has 7 nitrogen and oxygen atoms in total. The number of azo groups is 1. The standard InChI is InChI=1S/C27H36N2O5/c30-21-25(31)22-34-27(32)15-11-6-4-2-1-3-5-7-12-20-33-26-18-16-24(17-19-26)29-28-23-13-9-8-10-14-23/h5,7-10,13-14,16-19,25,30-31H,1-4,6,11-12,15,20-22H2/b7-5-,29-28+. The number of ether oxygens (including phenoxy) is 2. The predicted octanol–water partition coefficient (Wildman–Crippen LogP) is 6.05. The van der Waals surface area contributed by atoms with E-state index in [0.717, 1.165) is 62.1 Å². The third-order valence-electron chi connectivity index (χ3n) is 4.99. The van der Waals surface area contributed by atoms with Crippen LogP contribution in [0.5, 0.6) is 5.75 Å². The lowest BCUT2D eigenvalue weighted by Crippen LogP contribution is -2.21. The maximum absolute atomic E-state index is 11.5.